The second-order valence-electron chi connectivity index (χ2n) is 8.79. The van der Waals surface area contributed by atoms with Gasteiger partial charge in [-0.05, 0) is 59.9 Å². The number of halogens is 1. The lowest BCUT2D eigenvalue weighted by molar-refractivity contribution is 0.303. The lowest BCUT2D eigenvalue weighted by Crippen LogP contribution is -2.01. The number of aromatic nitrogens is 2. The number of nitriles is 1. The Morgan fingerprint density at radius 3 is 2.34 bits per heavy atom. The molecule has 1 aromatic heterocycles. The first-order valence-corrected chi connectivity index (χ1v) is 12.3. The van der Waals surface area contributed by atoms with Gasteiger partial charge in [-0.15, -0.1) is 0 Å². The van der Waals surface area contributed by atoms with Crippen molar-refractivity contribution >= 4 is 10.8 Å². The van der Waals surface area contributed by atoms with Crippen LogP contribution in [-0.2, 0) is 25.7 Å². The first-order chi connectivity index (χ1) is 17.2. The fourth-order valence-corrected chi connectivity index (χ4v) is 4.10. The van der Waals surface area contributed by atoms with E-state index in [-0.39, 0.29) is 5.82 Å². The summed E-state index contributed by atoms with van der Waals surface area (Å²) >= 11 is 0. The van der Waals surface area contributed by atoms with Gasteiger partial charge in [0.2, 0.25) is 0 Å². The molecule has 0 aliphatic heterocycles. The van der Waals surface area contributed by atoms with Crippen molar-refractivity contribution in [1.29, 1.82) is 5.26 Å². The first kappa shape index (κ1) is 24.3. The van der Waals surface area contributed by atoms with E-state index in [0.717, 1.165) is 48.0 Å². The van der Waals surface area contributed by atoms with E-state index in [2.05, 4.69) is 23.0 Å². The third kappa shape index (κ3) is 6.64. The monoisotopic (exact) mass is 467 g/mol. The SMILES string of the molecule is CCCCCOc1cnc(CCc2ccc3c(F)c(CCc4ccc(C#N)cc4)ccc3c2)nc1. The van der Waals surface area contributed by atoms with Crippen LogP contribution in [0, 0.1) is 17.1 Å². The van der Waals surface area contributed by atoms with Crippen LogP contribution in [-0.4, -0.2) is 16.6 Å². The van der Waals surface area contributed by atoms with Gasteiger partial charge in [0.25, 0.3) is 0 Å². The molecule has 0 fully saturated rings. The average molecular weight is 468 g/mol. The highest BCUT2D eigenvalue weighted by Crippen LogP contribution is 2.24. The van der Waals surface area contributed by atoms with Crippen molar-refractivity contribution in [2.24, 2.45) is 0 Å². The molecule has 4 rings (SSSR count). The number of fused-ring (bicyclic) bond motifs is 1. The van der Waals surface area contributed by atoms with Gasteiger partial charge in [0, 0.05) is 11.8 Å². The number of unbranched alkanes of at least 4 members (excludes halogenated alkanes) is 2. The molecule has 0 unspecified atom stereocenters. The zero-order chi connectivity index (χ0) is 24.5. The van der Waals surface area contributed by atoms with Gasteiger partial charge in [0.05, 0.1) is 30.6 Å². The molecule has 35 heavy (non-hydrogen) atoms. The Balaban J connectivity index is 1.35. The molecule has 1 heterocycles. The highest BCUT2D eigenvalue weighted by molar-refractivity contribution is 5.84. The van der Waals surface area contributed by atoms with Crippen molar-refractivity contribution in [3.8, 4) is 11.8 Å². The van der Waals surface area contributed by atoms with Crippen LogP contribution in [0.25, 0.3) is 10.8 Å². The summed E-state index contributed by atoms with van der Waals surface area (Å²) in [7, 11) is 0. The van der Waals surface area contributed by atoms with Crippen molar-refractivity contribution in [1.82, 2.24) is 9.97 Å². The maximum absolute atomic E-state index is 15.2. The Morgan fingerprint density at radius 1 is 0.857 bits per heavy atom. The molecule has 0 bridgehead atoms. The molecule has 0 spiro atoms. The highest BCUT2D eigenvalue weighted by atomic mass is 19.1. The normalized spacial score (nSPS) is 10.9. The zero-order valence-corrected chi connectivity index (χ0v) is 20.1. The van der Waals surface area contributed by atoms with Gasteiger partial charge in [0.15, 0.2) is 5.75 Å². The largest absolute Gasteiger partial charge is 0.490 e. The number of ether oxygens (including phenoxy) is 1. The lowest BCUT2D eigenvalue weighted by Gasteiger charge is -2.09. The van der Waals surface area contributed by atoms with Crippen LogP contribution in [0.5, 0.6) is 5.75 Å². The van der Waals surface area contributed by atoms with Gasteiger partial charge in [-0.2, -0.15) is 5.26 Å². The van der Waals surface area contributed by atoms with Gasteiger partial charge in [-0.3, -0.25) is 0 Å². The molecule has 0 amide bonds. The van der Waals surface area contributed by atoms with Crippen molar-refractivity contribution in [2.45, 2.75) is 51.9 Å². The Morgan fingerprint density at radius 2 is 1.60 bits per heavy atom. The Hall–Kier alpha value is -3.78. The second kappa shape index (κ2) is 12.1. The quantitative estimate of drug-likeness (QED) is 0.228. The Labute approximate surface area is 206 Å². The maximum Gasteiger partial charge on any atom is 0.155 e. The number of benzene rings is 3. The van der Waals surface area contributed by atoms with E-state index >= 15 is 4.39 Å². The van der Waals surface area contributed by atoms with Gasteiger partial charge >= 0.3 is 0 Å². The van der Waals surface area contributed by atoms with E-state index < -0.39 is 0 Å². The summed E-state index contributed by atoms with van der Waals surface area (Å²) in [5, 5.41) is 10.5. The maximum atomic E-state index is 15.2. The molecule has 5 heteroatoms. The minimum atomic E-state index is -0.152. The molecule has 0 atom stereocenters. The third-order valence-corrected chi connectivity index (χ3v) is 6.20. The number of aryl methyl sites for hydroxylation is 4. The molecule has 0 aliphatic carbocycles. The van der Waals surface area contributed by atoms with Crippen LogP contribution in [0.4, 0.5) is 4.39 Å². The van der Waals surface area contributed by atoms with Crippen molar-refractivity contribution < 1.29 is 9.13 Å². The highest BCUT2D eigenvalue weighted by Gasteiger charge is 2.09. The van der Waals surface area contributed by atoms with Gasteiger partial charge < -0.3 is 4.74 Å². The first-order valence-electron chi connectivity index (χ1n) is 12.3. The molecule has 3 aromatic carbocycles. The summed E-state index contributed by atoms with van der Waals surface area (Å²) in [6.45, 7) is 2.86. The molecule has 178 valence electrons. The van der Waals surface area contributed by atoms with Crippen LogP contribution < -0.4 is 4.74 Å². The number of hydrogen-bond acceptors (Lipinski definition) is 4. The lowest BCUT2D eigenvalue weighted by atomic mass is 9.98. The molecule has 4 nitrogen and oxygen atoms in total. The minimum absolute atomic E-state index is 0.152. The van der Waals surface area contributed by atoms with Crippen LogP contribution in [0.2, 0.25) is 0 Å². The topological polar surface area (TPSA) is 58.8 Å². The molecular weight excluding hydrogens is 437 g/mol. The third-order valence-electron chi connectivity index (χ3n) is 6.20. The van der Waals surface area contributed by atoms with Crippen molar-refractivity contribution in [3.63, 3.8) is 0 Å². The standard InChI is InChI=1S/C30H30FN3O/c1-2-3-4-17-35-27-20-33-29(34-21-27)16-11-23-10-15-28-26(18-23)14-13-25(30(28)31)12-9-22-5-7-24(19-32)8-6-22/h5-8,10,13-15,18,20-21H,2-4,9,11-12,16-17H2,1H3. The van der Waals surface area contributed by atoms with Crippen LogP contribution in [0.15, 0.2) is 67.0 Å². The van der Waals surface area contributed by atoms with E-state index in [1.165, 1.54) is 6.42 Å². The summed E-state index contributed by atoms with van der Waals surface area (Å²) in [5.74, 6) is 1.33. The number of nitrogens with zero attached hydrogens (tertiary/aromatic N) is 3. The van der Waals surface area contributed by atoms with Crippen LogP contribution in [0.1, 0.15) is 54.3 Å². The number of hydrogen-bond donors (Lipinski definition) is 0. The predicted octanol–water partition coefficient (Wildman–Crippen LogP) is 6.78. The van der Waals surface area contributed by atoms with Gasteiger partial charge in [-0.1, -0.05) is 62.2 Å². The molecule has 0 aliphatic rings. The van der Waals surface area contributed by atoms with E-state index in [1.54, 1.807) is 24.5 Å². The summed E-state index contributed by atoms with van der Waals surface area (Å²) in [5.41, 5.74) is 3.57. The Bertz CT molecular complexity index is 1290. The summed E-state index contributed by atoms with van der Waals surface area (Å²) < 4.78 is 20.8. The van der Waals surface area contributed by atoms with E-state index in [1.807, 2.05) is 42.5 Å². The molecular formula is C30H30FN3O. The van der Waals surface area contributed by atoms with E-state index in [9.17, 15) is 0 Å². The fraction of sp³-hybridized carbons (Fsp3) is 0.300. The smallest absolute Gasteiger partial charge is 0.155 e. The predicted molar refractivity (Wildman–Crippen MR) is 137 cm³/mol. The molecule has 0 saturated carbocycles. The van der Waals surface area contributed by atoms with Crippen LogP contribution >= 0.6 is 0 Å². The van der Waals surface area contributed by atoms with Gasteiger partial charge in [0.1, 0.15) is 11.6 Å². The summed E-state index contributed by atoms with van der Waals surface area (Å²) in [6, 6.07) is 19.4. The number of rotatable bonds is 11. The zero-order valence-electron chi connectivity index (χ0n) is 20.1. The summed E-state index contributed by atoms with van der Waals surface area (Å²) in [4.78, 5) is 8.85. The Kier molecular flexibility index (Phi) is 8.40. The van der Waals surface area contributed by atoms with E-state index in [0.29, 0.717) is 41.7 Å². The molecule has 4 aromatic rings. The summed E-state index contributed by atoms with van der Waals surface area (Å²) in [6.07, 6.45) is 9.70. The molecule has 0 saturated heterocycles. The van der Waals surface area contributed by atoms with Crippen molar-refractivity contribution in [3.05, 3.63) is 101 Å². The van der Waals surface area contributed by atoms with Gasteiger partial charge in [-0.25, -0.2) is 14.4 Å². The fourth-order valence-electron chi connectivity index (χ4n) is 4.10. The van der Waals surface area contributed by atoms with E-state index in [4.69, 9.17) is 10.00 Å². The second-order valence-corrected chi connectivity index (χ2v) is 8.79. The molecule has 0 radical (unpaired) electrons. The average Bonchev–Trinajstić information content (AvgIpc) is 2.90. The van der Waals surface area contributed by atoms with Crippen molar-refractivity contribution in [2.75, 3.05) is 6.61 Å². The van der Waals surface area contributed by atoms with Crippen LogP contribution in [0.3, 0.4) is 0 Å². The minimum Gasteiger partial charge on any atom is -0.490 e. The molecule has 0 N–H and O–H groups in total.